The van der Waals surface area contributed by atoms with Gasteiger partial charge in [0, 0.05) is 36.2 Å². The van der Waals surface area contributed by atoms with Gasteiger partial charge >= 0.3 is 0 Å². The van der Waals surface area contributed by atoms with Crippen LogP contribution >= 0.6 is 11.6 Å². The molecule has 0 bridgehead atoms. The Labute approximate surface area is 140 Å². The number of anilines is 2. The minimum Gasteiger partial charge on any atom is -0.341 e. The van der Waals surface area contributed by atoms with E-state index in [1.807, 2.05) is 0 Å². The number of carbonyl (C=O) groups excluding carboxylic acids is 1. The summed E-state index contributed by atoms with van der Waals surface area (Å²) in [5.41, 5.74) is 1.13. The number of carbonyl (C=O) groups is 1. The van der Waals surface area contributed by atoms with Crippen molar-refractivity contribution in [2.45, 2.75) is 19.8 Å². The number of nitrogens with one attached hydrogen (secondary N) is 1. The molecule has 120 valence electrons. The molecule has 2 aromatic rings. The number of hydrogen-bond donors (Lipinski definition) is 1. The summed E-state index contributed by atoms with van der Waals surface area (Å²) in [6.45, 7) is 4.18. The van der Waals surface area contributed by atoms with Crippen molar-refractivity contribution in [3.63, 3.8) is 0 Å². The van der Waals surface area contributed by atoms with Gasteiger partial charge in [-0.25, -0.2) is 9.97 Å². The fourth-order valence-electron chi connectivity index (χ4n) is 2.71. The van der Waals surface area contributed by atoms with Gasteiger partial charge in [-0.05, 0) is 43.0 Å². The Morgan fingerprint density at radius 1 is 1.26 bits per heavy atom. The first-order valence-corrected chi connectivity index (χ1v) is 8.13. The van der Waals surface area contributed by atoms with Crippen LogP contribution in [0.25, 0.3) is 0 Å². The Kier molecular flexibility index (Phi) is 4.76. The van der Waals surface area contributed by atoms with Crippen LogP contribution in [0.3, 0.4) is 0 Å². The second-order valence-corrected chi connectivity index (χ2v) is 6.36. The molecule has 1 fully saturated rings. The third-order valence-electron chi connectivity index (χ3n) is 3.94. The summed E-state index contributed by atoms with van der Waals surface area (Å²) < 4.78 is 0. The lowest BCUT2D eigenvalue weighted by molar-refractivity contribution is 0.102. The Bertz CT molecular complexity index is 672. The van der Waals surface area contributed by atoms with E-state index in [9.17, 15) is 4.79 Å². The molecule has 1 atom stereocenters. The van der Waals surface area contributed by atoms with Crippen molar-refractivity contribution in [3.05, 3.63) is 47.2 Å². The van der Waals surface area contributed by atoms with E-state index < -0.39 is 0 Å². The van der Waals surface area contributed by atoms with Crippen LogP contribution in [0.2, 0.25) is 5.02 Å². The third kappa shape index (κ3) is 3.99. The quantitative estimate of drug-likeness (QED) is 0.933. The molecule has 1 unspecified atom stereocenters. The lowest BCUT2D eigenvalue weighted by atomic mass is 10.0. The molecule has 1 amide bonds. The van der Waals surface area contributed by atoms with Gasteiger partial charge in [0.15, 0.2) is 0 Å². The molecule has 0 aliphatic carbocycles. The van der Waals surface area contributed by atoms with Gasteiger partial charge in [-0.1, -0.05) is 18.5 Å². The summed E-state index contributed by atoms with van der Waals surface area (Å²) in [5.74, 6) is 1.12. The van der Waals surface area contributed by atoms with Crippen molar-refractivity contribution in [3.8, 4) is 0 Å². The minimum absolute atomic E-state index is 0.231. The van der Waals surface area contributed by atoms with Crippen molar-refractivity contribution < 1.29 is 4.79 Å². The fourth-order valence-corrected chi connectivity index (χ4v) is 2.84. The van der Waals surface area contributed by atoms with E-state index in [2.05, 4.69) is 27.1 Å². The van der Waals surface area contributed by atoms with Crippen molar-refractivity contribution in [2.24, 2.45) is 5.92 Å². The average molecular weight is 331 g/mol. The molecule has 1 N–H and O–H groups in total. The smallest absolute Gasteiger partial charge is 0.258 e. The fraction of sp³-hybridized carbons (Fsp3) is 0.353. The molecule has 23 heavy (non-hydrogen) atoms. The molecule has 1 saturated heterocycles. The zero-order valence-corrected chi connectivity index (χ0v) is 13.8. The van der Waals surface area contributed by atoms with Crippen molar-refractivity contribution in [1.29, 1.82) is 0 Å². The number of halogens is 1. The van der Waals surface area contributed by atoms with Gasteiger partial charge < -0.3 is 10.2 Å². The SMILES string of the molecule is CC1CCCN(c2ncc(C(=O)Nc3ccc(Cl)cc3)cn2)C1. The molecule has 6 heteroatoms. The Balaban J connectivity index is 1.66. The van der Waals surface area contributed by atoms with Gasteiger partial charge in [0.2, 0.25) is 5.95 Å². The van der Waals surface area contributed by atoms with Crippen LogP contribution in [0.1, 0.15) is 30.1 Å². The number of rotatable bonds is 3. The van der Waals surface area contributed by atoms with E-state index in [0.717, 1.165) is 19.5 Å². The highest BCUT2D eigenvalue weighted by atomic mass is 35.5. The van der Waals surface area contributed by atoms with E-state index in [-0.39, 0.29) is 5.91 Å². The van der Waals surface area contributed by atoms with Crippen molar-refractivity contribution in [1.82, 2.24) is 9.97 Å². The van der Waals surface area contributed by atoms with Gasteiger partial charge in [-0.3, -0.25) is 4.79 Å². The molecule has 2 heterocycles. The number of nitrogens with zero attached hydrogens (tertiary/aromatic N) is 3. The van der Waals surface area contributed by atoms with E-state index in [4.69, 9.17) is 11.6 Å². The van der Waals surface area contributed by atoms with Crippen LogP contribution in [-0.2, 0) is 0 Å². The summed E-state index contributed by atoms with van der Waals surface area (Å²) in [7, 11) is 0. The molecular formula is C17H19ClN4O. The maximum Gasteiger partial charge on any atom is 0.258 e. The molecule has 3 rings (SSSR count). The first-order valence-electron chi connectivity index (χ1n) is 7.76. The first kappa shape index (κ1) is 15.7. The van der Waals surface area contributed by atoms with Gasteiger partial charge in [-0.2, -0.15) is 0 Å². The maximum absolute atomic E-state index is 12.2. The van der Waals surface area contributed by atoms with Gasteiger partial charge in [0.05, 0.1) is 5.56 Å². The molecule has 1 aromatic carbocycles. The third-order valence-corrected chi connectivity index (χ3v) is 4.19. The predicted octanol–water partition coefficient (Wildman–Crippen LogP) is 3.62. The summed E-state index contributed by atoms with van der Waals surface area (Å²) in [6.07, 6.45) is 5.56. The summed E-state index contributed by atoms with van der Waals surface area (Å²) in [4.78, 5) is 23.1. The van der Waals surface area contributed by atoms with Crippen LogP contribution in [0.5, 0.6) is 0 Å². The lowest BCUT2D eigenvalue weighted by Gasteiger charge is -2.30. The Hall–Kier alpha value is -2.14. The Morgan fingerprint density at radius 2 is 1.96 bits per heavy atom. The van der Waals surface area contributed by atoms with Crippen LogP contribution in [0.4, 0.5) is 11.6 Å². The van der Waals surface area contributed by atoms with Gasteiger partial charge in [0.1, 0.15) is 0 Å². The van der Waals surface area contributed by atoms with E-state index in [1.54, 1.807) is 36.7 Å². The highest BCUT2D eigenvalue weighted by Gasteiger charge is 2.18. The second-order valence-electron chi connectivity index (χ2n) is 5.93. The molecule has 0 radical (unpaired) electrons. The number of benzene rings is 1. The molecule has 5 nitrogen and oxygen atoms in total. The Morgan fingerprint density at radius 3 is 2.61 bits per heavy atom. The molecule has 1 aromatic heterocycles. The molecule has 0 spiro atoms. The number of aromatic nitrogens is 2. The number of amides is 1. The lowest BCUT2D eigenvalue weighted by Crippen LogP contribution is -2.35. The monoisotopic (exact) mass is 330 g/mol. The van der Waals surface area contributed by atoms with Crippen molar-refractivity contribution >= 4 is 29.1 Å². The standard InChI is InChI=1S/C17H19ClN4O/c1-12-3-2-8-22(11-12)17-19-9-13(10-20-17)16(23)21-15-6-4-14(18)5-7-15/h4-7,9-10,12H,2-3,8,11H2,1H3,(H,21,23). The number of hydrogen-bond acceptors (Lipinski definition) is 4. The highest BCUT2D eigenvalue weighted by Crippen LogP contribution is 2.20. The highest BCUT2D eigenvalue weighted by molar-refractivity contribution is 6.30. The largest absolute Gasteiger partial charge is 0.341 e. The van der Waals surface area contributed by atoms with Crippen LogP contribution in [0.15, 0.2) is 36.7 Å². The zero-order valence-electron chi connectivity index (χ0n) is 13.0. The van der Waals surface area contributed by atoms with Crippen molar-refractivity contribution in [2.75, 3.05) is 23.3 Å². The second kappa shape index (κ2) is 6.96. The molecule has 1 aliphatic rings. The maximum atomic E-state index is 12.2. The molecule has 0 saturated carbocycles. The topological polar surface area (TPSA) is 58.1 Å². The summed E-state index contributed by atoms with van der Waals surface area (Å²) >= 11 is 5.83. The summed E-state index contributed by atoms with van der Waals surface area (Å²) in [5, 5.41) is 3.43. The van der Waals surface area contributed by atoms with E-state index in [0.29, 0.717) is 28.1 Å². The first-order chi connectivity index (χ1) is 11.1. The predicted molar refractivity (Wildman–Crippen MR) is 92.0 cm³/mol. The van der Waals surface area contributed by atoms with Crippen LogP contribution < -0.4 is 10.2 Å². The molecular weight excluding hydrogens is 312 g/mol. The minimum atomic E-state index is -0.231. The normalized spacial score (nSPS) is 17.8. The van der Waals surface area contributed by atoms with Crippen LogP contribution in [-0.4, -0.2) is 29.0 Å². The van der Waals surface area contributed by atoms with Crippen LogP contribution in [0, 0.1) is 5.92 Å². The number of piperidine rings is 1. The van der Waals surface area contributed by atoms with Gasteiger partial charge in [0.25, 0.3) is 5.91 Å². The zero-order chi connectivity index (χ0) is 16.2. The molecule has 1 aliphatic heterocycles. The van der Waals surface area contributed by atoms with E-state index in [1.165, 1.54) is 6.42 Å². The average Bonchev–Trinajstić information content (AvgIpc) is 2.57. The van der Waals surface area contributed by atoms with E-state index >= 15 is 0 Å². The summed E-state index contributed by atoms with van der Waals surface area (Å²) in [6, 6.07) is 6.97. The van der Waals surface area contributed by atoms with Gasteiger partial charge in [-0.15, -0.1) is 0 Å².